The lowest BCUT2D eigenvalue weighted by Crippen LogP contribution is -2.42. The third-order valence-electron chi connectivity index (χ3n) is 3.40. The first kappa shape index (κ1) is 10.2. The molecule has 0 aromatic heterocycles. The second-order valence-electron chi connectivity index (χ2n) is 4.38. The molecule has 0 aliphatic heterocycles. The largest absolute Gasteiger partial charge is 0.288 e. The van der Waals surface area contributed by atoms with Gasteiger partial charge in [-0.25, -0.2) is 0 Å². The highest BCUT2D eigenvalue weighted by Crippen LogP contribution is 2.38. The number of hydrogen-bond acceptors (Lipinski definition) is 2. The van der Waals surface area contributed by atoms with Gasteiger partial charge in [0.2, 0.25) is 0 Å². The van der Waals surface area contributed by atoms with Gasteiger partial charge in [0.1, 0.15) is 5.54 Å². The number of fused-ring (bicyclic) bond motifs is 1. The topological polar surface area (TPSA) is 27.0 Å². The van der Waals surface area contributed by atoms with Gasteiger partial charge >= 0.3 is 0 Å². The van der Waals surface area contributed by atoms with Gasteiger partial charge in [0, 0.05) is 0 Å². The van der Waals surface area contributed by atoms with Gasteiger partial charge in [-0.05, 0) is 44.5 Å². The predicted octanol–water partition coefficient (Wildman–Crippen LogP) is 2.30. The van der Waals surface area contributed by atoms with Crippen molar-refractivity contribution in [3.05, 3.63) is 35.4 Å². The number of rotatable bonds is 1. The zero-order valence-corrected chi connectivity index (χ0v) is 9.33. The van der Waals surface area contributed by atoms with E-state index in [-0.39, 0.29) is 0 Å². The maximum absolute atomic E-state index is 9.47. The van der Waals surface area contributed by atoms with Crippen molar-refractivity contribution in [3.63, 3.8) is 0 Å². The van der Waals surface area contributed by atoms with Crippen molar-refractivity contribution in [2.75, 3.05) is 14.1 Å². The molecule has 0 N–H and O–H groups in total. The van der Waals surface area contributed by atoms with Crippen LogP contribution >= 0.6 is 0 Å². The lowest BCUT2D eigenvalue weighted by molar-refractivity contribution is 0.190. The molecule has 0 radical (unpaired) electrons. The van der Waals surface area contributed by atoms with Crippen LogP contribution in [-0.4, -0.2) is 19.0 Å². The van der Waals surface area contributed by atoms with Gasteiger partial charge < -0.3 is 0 Å². The molecule has 78 valence electrons. The molecule has 0 heterocycles. The van der Waals surface area contributed by atoms with E-state index in [0.717, 1.165) is 19.3 Å². The molecular weight excluding hydrogens is 184 g/mol. The van der Waals surface area contributed by atoms with Gasteiger partial charge in [-0.2, -0.15) is 5.26 Å². The van der Waals surface area contributed by atoms with E-state index in [2.05, 4.69) is 24.3 Å². The summed E-state index contributed by atoms with van der Waals surface area (Å²) in [5.41, 5.74) is 2.12. The Morgan fingerprint density at radius 2 is 2.07 bits per heavy atom. The summed E-state index contributed by atoms with van der Waals surface area (Å²) < 4.78 is 0. The van der Waals surface area contributed by atoms with Crippen molar-refractivity contribution in [2.45, 2.75) is 24.8 Å². The van der Waals surface area contributed by atoms with Gasteiger partial charge in [0.15, 0.2) is 0 Å². The Labute approximate surface area is 91.1 Å². The molecule has 15 heavy (non-hydrogen) atoms. The van der Waals surface area contributed by atoms with Crippen molar-refractivity contribution in [1.82, 2.24) is 4.90 Å². The summed E-state index contributed by atoms with van der Waals surface area (Å²) in [5, 5.41) is 9.47. The van der Waals surface area contributed by atoms with E-state index in [9.17, 15) is 5.26 Å². The van der Waals surface area contributed by atoms with Crippen molar-refractivity contribution >= 4 is 0 Å². The standard InChI is InChI=1S/C13H16N2/c1-15(2)13(10-14)9-5-7-11-6-3-4-8-12(11)13/h3-4,6,8H,5,7,9H2,1-2H3. The number of hydrogen-bond donors (Lipinski definition) is 0. The van der Waals surface area contributed by atoms with E-state index in [1.54, 1.807) is 0 Å². The Kier molecular flexibility index (Phi) is 2.50. The van der Waals surface area contributed by atoms with Crippen LogP contribution in [0.25, 0.3) is 0 Å². The van der Waals surface area contributed by atoms with Crippen LogP contribution in [-0.2, 0) is 12.0 Å². The molecule has 0 amide bonds. The number of nitriles is 1. The third kappa shape index (κ3) is 1.44. The van der Waals surface area contributed by atoms with Crippen LogP contribution in [0.5, 0.6) is 0 Å². The van der Waals surface area contributed by atoms with Crippen LogP contribution in [0.3, 0.4) is 0 Å². The summed E-state index contributed by atoms with van der Waals surface area (Å²) in [6, 6.07) is 10.8. The lowest BCUT2D eigenvalue weighted by atomic mass is 9.76. The van der Waals surface area contributed by atoms with E-state index in [1.807, 2.05) is 25.1 Å². The van der Waals surface area contributed by atoms with E-state index >= 15 is 0 Å². The molecule has 0 spiro atoms. The van der Waals surface area contributed by atoms with Crippen molar-refractivity contribution in [2.24, 2.45) is 0 Å². The summed E-state index contributed by atoms with van der Waals surface area (Å²) in [6.45, 7) is 0. The Hall–Kier alpha value is -1.33. The fourth-order valence-electron chi connectivity index (χ4n) is 2.49. The monoisotopic (exact) mass is 200 g/mol. The van der Waals surface area contributed by atoms with E-state index < -0.39 is 5.54 Å². The summed E-state index contributed by atoms with van der Waals surface area (Å²) in [6.07, 6.45) is 3.14. The first-order valence-corrected chi connectivity index (χ1v) is 5.38. The van der Waals surface area contributed by atoms with E-state index in [0.29, 0.717) is 0 Å². The van der Waals surface area contributed by atoms with E-state index in [4.69, 9.17) is 0 Å². The highest BCUT2D eigenvalue weighted by Gasteiger charge is 2.38. The van der Waals surface area contributed by atoms with Crippen LogP contribution < -0.4 is 0 Å². The molecule has 0 fully saturated rings. The normalized spacial score (nSPS) is 24.7. The minimum atomic E-state index is -0.408. The van der Waals surface area contributed by atoms with Crippen LogP contribution in [0.1, 0.15) is 24.0 Å². The van der Waals surface area contributed by atoms with Gasteiger partial charge in [-0.15, -0.1) is 0 Å². The molecule has 1 unspecified atom stereocenters. The minimum absolute atomic E-state index is 0.408. The molecule has 1 aliphatic carbocycles. The molecular formula is C13H16N2. The highest BCUT2D eigenvalue weighted by atomic mass is 15.1. The van der Waals surface area contributed by atoms with Crippen LogP contribution in [0, 0.1) is 11.3 Å². The molecule has 1 aliphatic rings. The first-order valence-electron chi connectivity index (χ1n) is 5.38. The second-order valence-corrected chi connectivity index (χ2v) is 4.38. The predicted molar refractivity (Wildman–Crippen MR) is 60.4 cm³/mol. The maximum atomic E-state index is 9.47. The van der Waals surface area contributed by atoms with Gasteiger partial charge in [-0.3, -0.25) is 4.90 Å². The van der Waals surface area contributed by atoms with Crippen LogP contribution in [0.2, 0.25) is 0 Å². The fraction of sp³-hybridized carbons (Fsp3) is 0.462. The zero-order chi connectivity index (χ0) is 10.9. The first-order chi connectivity index (χ1) is 7.20. The minimum Gasteiger partial charge on any atom is -0.288 e. The molecule has 2 nitrogen and oxygen atoms in total. The molecule has 2 rings (SSSR count). The molecule has 0 saturated carbocycles. The summed E-state index contributed by atoms with van der Waals surface area (Å²) >= 11 is 0. The van der Waals surface area contributed by atoms with Gasteiger partial charge in [-0.1, -0.05) is 24.3 Å². The van der Waals surface area contributed by atoms with Crippen molar-refractivity contribution in [1.29, 1.82) is 5.26 Å². The number of benzene rings is 1. The van der Waals surface area contributed by atoms with E-state index in [1.165, 1.54) is 11.1 Å². The van der Waals surface area contributed by atoms with Crippen LogP contribution in [0.4, 0.5) is 0 Å². The quantitative estimate of drug-likeness (QED) is 0.695. The molecule has 1 aromatic carbocycles. The number of aryl methyl sites for hydroxylation is 1. The van der Waals surface area contributed by atoms with Crippen molar-refractivity contribution < 1.29 is 0 Å². The molecule has 1 atom stereocenters. The lowest BCUT2D eigenvalue weighted by Gasteiger charge is -2.38. The average Bonchev–Trinajstić information content (AvgIpc) is 2.28. The molecule has 0 saturated heterocycles. The van der Waals surface area contributed by atoms with Crippen molar-refractivity contribution in [3.8, 4) is 6.07 Å². The summed E-state index contributed by atoms with van der Waals surface area (Å²) in [4.78, 5) is 2.05. The Morgan fingerprint density at radius 1 is 1.33 bits per heavy atom. The molecule has 0 bridgehead atoms. The second kappa shape index (κ2) is 3.67. The zero-order valence-electron chi connectivity index (χ0n) is 9.33. The summed E-state index contributed by atoms with van der Waals surface area (Å²) in [7, 11) is 3.98. The maximum Gasteiger partial charge on any atom is 0.134 e. The Morgan fingerprint density at radius 3 is 2.73 bits per heavy atom. The SMILES string of the molecule is CN(C)C1(C#N)CCCc2ccccc21. The third-order valence-corrected chi connectivity index (χ3v) is 3.40. The highest BCUT2D eigenvalue weighted by molar-refractivity contribution is 5.40. The summed E-state index contributed by atoms with van der Waals surface area (Å²) in [5.74, 6) is 0. The van der Waals surface area contributed by atoms with Gasteiger partial charge in [0.25, 0.3) is 0 Å². The average molecular weight is 200 g/mol. The van der Waals surface area contributed by atoms with Crippen LogP contribution in [0.15, 0.2) is 24.3 Å². The smallest absolute Gasteiger partial charge is 0.134 e. The Bertz CT molecular complexity index is 403. The molecule has 2 heteroatoms. The Balaban J connectivity index is 2.58. The number of nitrogens with zero attached hydrogens (tertiary/aromatic N) is 2. The molecule has 1 aromatic rings. The van der Waals surface area contributed by atoms with Gasteiger partial charge in [0.05, 0.1) is 6.07 Å². The fourth-order valence-corrected chi connectivity index (χ4v) is 2.49.